The summed E-state index contributed by atoms with van der Waals surface area (Å²) in [6, 6.07) is 2.92. The molecule has 0 spiro atoms. The van der Waals surface area contributed by atoms with Crippen molar-refractivity contribution in [2.24, 2.45) is 0 Å². The second-order valence-electron chi connectivity index (χ2n) is 5.16. The van der Waals surface area contributed by atoms with E-state index in [0.717, 1.165) is 0 Å². The van der Waals surface area contributed by atoms with Crippen molar-refractivity contribution in [3.63, 3.8) is 0 Å². The predicted octanol–water partition coefficient (Wildman–Crippen LogP) is 2.42. The summed E-state index contributed by atoms with van der Waals surface area (Å²) in [7, 11) is -0.488. The minimum atomic E-state index is -3.74. The van der Waals surface area contributed by atoms with Crippen molar-refractivity contribution in [2.75, 3.05) is 20.7 Å². The molecule has 1 aromatic rings. The standard InChI is InChI=1S/C13H20Cl2N2O3S/c1-13(2,20-4)8-17-21(18,19)11-6-5-10(14)9(7-16-3)12(11)15/h5-6,16-17H,7-8H2,1-4H3. The lowest BCUT2D eigenvalue weighted by molar-refractivity contribution is 0.0276. The van der Waals surface area contributed by atoms with Gasteiger partial charge in [-0.3, -0.25) is 0 Å². The third-order valence-electron chi connectivity index (χ3n) is 3.03. The van der Waals surface area contributed by atoms with Crippen molar-refractivity contribution in [2.45, 2.75) is 30.9 Å². The van der Waals surface area contributed by atoms with Crippen molar-refractivity contribution >= 4 is 33.2 Å². The van der Waals surface area contributed by atoms with Crippen molar-refractivity contribution in [1.29, 1.82) is 0 Å². The minimum absolute atomic E-state index is 0.00530. The van der Waals surface area contributed by atoms with Gasteiger partial charge in [0.1, 0.15) is 4.90 Å². The van der Waals surface area contributed by atoms with Gasteiger partial charge in [-0.2, -0.15) is 0 Å². The Morgan fingerprint density at radius 1 is 1.29 bits per heavy atom. The third kappa shape index (κ3) is 4.81. The number of methoxy groups -OCH3 is 1. The molecule has 0 atom stereocenters. The van der Waals surface area contributed by atoms with Gasteiger partial charge >= 0.3 is 0 Å². The van der Waals surface area contributed by atoms with E-state index in [1.165, 1.54) is 19.2 Å². The van der Waals surface area contributed by atoms with Gasteiger partial charge in [0.25, 0.3) is 0 Å². The van der Waals surface area contributed by atoms with Crippen LogP contribution in [0, 0.1) is 0 Å². The molecule has 0 aliphatic carbocycles. The van der Waals surface area contributed by atoms with Crippen LogP contribution >= 0.6 is 23.2 Å². The average Bonchev–Trinajstić information content (AvgIpc) is 2.41. The van der Waals surface area contributed by atoms with Gasteiger partial charge in [-0.1, -0.05) is 23.2 Å². The molecule has 0 heterocycles. The van der Waals surface area contributed by atoms with E-state index in [0.29, 0.717) is 17.1 Å². The lowest BCUT2D eigenvalue weighted by atomic mass is 10.1. The smallest absolute Gasteiger partial charge is 0.242 e. The van der Waals surface area contributed by atoms with E-state index in [1.807, 2.05) is 0 Å². The zero-order chi connectivity index (χ0) is 16.3. The van der Waals surface area contributed by atoms with Crippen molar-refractivity contribution in [3.05, 3.63) is 27.7 Å². The Balaban J connectivity index is 3.12. The monoisotopic (exact) mass is 354 g/mol. The molecular formula is C13H20Cl2N2O3S. The zero-order valence-electron chi connectivity index (χ0n) is 12.5. The van der Waals surface area contributed by atoms with E-state index in [2.05, 4.69) is 10.0 Å². The molecule has 8 heteroatoms. The highest BCUT2D eigenvalue weighted by molar-refractivity contribution is 7.89. The molecule has 0 aliphatic rings. The molecule has 21 heavy (non-hydrogen) atoms. The molecule has 120 valence electrons. The topological polar surface area (TPSA) is 67.4 Å². The highest BCUT2D eigenvalue weighted by atomic mass is 35.5. The summed E-state index contributed by atoms with van der Waals surface area (Å²) < 4.78 is 32.4. The van der Waals surface area contributed by atoms with Gasteiger partial charge in [-0.25, -0.2) is 13.1 Å². The van der Waals surface area contributed by atoms with Gasteiger partial charge in [0.05, 0.1) is 10.6 Å². The van der Waals surface area contributed by atoms with Crippen LogP contribution in [0.25, 0.3) is 0 Å². The number of hydrogen-bond donors (Lipinski definition) is 2. The van der Waals surface area contributed by atoms with E-state index in [9.17, 15) is 8.42 Å². The lowest BCUT2D eigenvalue weighted by Crippen LogP contribution is -2.39. The second-order valence-corrected chi connectivity index (χ2v) is 7.68. The van der Waals surface area contributed by atoms with Gasteiger partial charge in [-0.15, -0.1) is 0 Å². The minimum Gasteiger partial charge on any atom is -0.377 e. The van der Waals surface area contributed by atoms with Gasteiger partial charge < -0.3 is 10.1 Å². The number of sulfonamides is 1. The number of ether oxygens (including phenoxy) is 1. The van der Waals surface area contributed by atoms with Crippen LogP contribution in [0.1, 0.15) is 19.4 Å². The van der Waals surface area contributed by atoms with Crippen molar-refractivity contribution in [3.8, 4) is 0 Å². The fraction of sp³-hybridized carbons (Fsp3) is 0.538. The highest BCUT2D eigenvalue weighted by Gasteiger charge is 2.25. The van der Waals surface area contributed by atoms with Gasteiger partial charge in [0.2, 0.25) is 10.0 Å². The van der Waals surface area contributed by atoms with Crippen molar-refractivity contribution in [1.82, 2.24) is 10.0 Å². The van der Waals surface area contributed by atoms with Crippen molar-refractivity contribution < 1.29 is 13.2 Å². The summed E-state index contributed by atoms with van der Waals surface area (Å²) in [4.78, 5) is 0.00530. The Kier molecular flexibility index (Phi) is 6.46. The SMILES string of the molecule is CNCc1c(Cl)ccc(S(=O)(=O)NCC(C)(C)OC)c1Cl. The predicted molar refractivity (Wildman–Crippen MR) is 85.5 cm³/mol. The molecule has 1 aromatic carbocycles. The van der Waals surface area contributed by atoms with E-state index < -0.39 is 15.6 Å². The van der Waals surface area contributed by atoms with Crippen LogP contribution in [0.2, 0.25) is 10.0 Å². The van der Waals surface area contributed by atoms with E-state index in [4.69, 9.17) is 27.9 Å². The number of rotatable bonds is 7. The largest absolute Gasteiger partial charge is 0.377 e. The van der Waals surface area contributed by atoms with Crippen LogP contribution in [0.4, 0.5) is 0 Å². The Morgan fingerprint density at radius 3 is 2.43 bits per heavy atom. The van der Waals surface area contributed by atoms with E-state index in [1.54, 1.807) is 20.9 Å². The Labute approximate surface area is 136 Å². The summed E-state index contributed by atoms with van der Waals surface area (Å²) in [5, 5.41) is 3.45. The zero-order valence-corrected chi connectivity index (χ0v) is 14.8. The van der Waals surface area contributed by atoms with Gasteiger partial charge in [0, 0.05) is 30.8 Å². The van der Waals surface area contributed by atoms with Crippen LogP contribution in [0.15, 0.2) is 17.0 Å². The molecule has 0 aliphatic heterocycles. The van der Waals surface area contributed by atoms with Crippen LogP contribution in [-0.2, 0) is 21.3 Å². The third-order valence-corrected chi connectivity index (χ3v) is 5.38. The fourth-order valence-electron chi connectivity index (χ4n) is 1.54. The molecular weight excluding hydrogens is 335 g/mol. The quantitative estimate of drug-likeness (QED) is 0.788. The first kappa shape index (κ1) is 18.7. The normalized spacial score (nSPS) is 12.7. The van der Waals surface area contributed by atoms with Gasteiger partial charge in [-0.05, 0) is 33.0 Å². The molecule has 0 unspecified atom stereocenters. The Hall–Kier alpha value is -0.370. The Bertz CT molecular complexity index is 604. The first-order valence-electron chi connectivity index (χ1n) is 6.31. The lowest BCUT2D eigenvalue weighted by Gasteiger charge is -2.23. The summed E-state index contributed by atoms with van der Waals surface area (Å²) in [6.45, 7) is 4.08. The fourth-order valence-corrected chi connectivity index (χ4v) is 3.65. The second kappa shape index (κ2) is 7.26. The Morgan fingerprint density at radius 2 is 1.90 bits per heavy atom. The maximum atomic E-state index is 12.4. The number of halogens is 2. The van der Waals surface area contributed by atoms with E-state index in [-0.39, 0.29) is 16.5 Å². The van der Waals surface area contributed by atoms with Crippen LogP contribution in [0.5, 0.6) is 0 Å². The molecule has 0 bridgehead atoms. The number of nitrogens with one attached hydrogen (secondary N) is 2. The van der Waals surface area contributed by atoms with Gasteiger partial charge in [0.15, 0.2) is 0 Å². The van der Waals surface area contributed by atoms with Crippen LogP contribution < -0.4 is 10.0 Å². The maximum absolute atomic E-state index is 12.4. The molecule has 0 fully saturated rings. The highest BCUT2D eigenvalue weighted by Crippen LogP contribution is 2.31. The summed E-state index contributed by atoms with van der Waals surface area (Å²) in [6.07, 6.45) is 0. The molecule has 0 saturated heterocycles. The summed E-state index contributed by atoms with van der Waals surface area (Å²) >= 11 is 12.2. The summed E-state index contributed by atoms with van der Waals surface area (Å²) in [5.74, 6) is 0. The van der Waals surface area contributed by atoms with Crippen LogP contribution in [0.3, 0.4) is 0 Å². The molecule has 2 N–H and O–H groups in total. The maximum Gasteiger partial charge on any atom is 0.242 e. The first-order valence-corrected chi connectivity index (χ1v) is 8.55. The number of hydrogen-bond acceptors (Lipinski definition) is 4. The van der Waals surface area contributed by atoms with E-state index >= 15 is 0 Å². The molecule has 0 saturated carbocycles. The molecule has 0 aromatic heterocycles. The average molecular weight is 355 g/mol. The summed E-state index contributed by atoms with van der Waals surface area (Å²) in [5.41, 5.74) is -0.0607. The molecule has 0 radical (unpaired) electrons. The number of benzene rings is 1. The molecule has 1 rings (SSSR count). The molecule has 0 amide bonds. The van der Waals surface area contributed by atoms with Crippen LogP contribution in [-0.4, -0.2) is 34.7 Å². The molecule has 5 nitrogen and oxygen atoms in total. The first-order chi connectivity index (χ1) is 9.64.